The second kappa shape index (κ2) is 4.16. The van der Waals surface area contributed by atoms with Gasteiger partial charge in [-0.25, -0.2) is 8.42 Å². The molecule has 5 heteroatoms. The first-order valence-corrected chi connectivity index (χ1v) is 6.85. The van der Waals surface area contributed by atoms with Gasteiger partial charge in [-0.2, -0.15) is 0 Å². The minimum absolute atomic E-state index is 0.181. The van der Waals surface area contributed by atoms with E-state index in [0.29, 0.717) is 6.61 Å². The van der Waals surface area contributed by atoms with Crippen LogP contribution in [0.25, 0.3) is 0 Å². The Bertz CT molecular complexity index is 280. The minimum atomic E-state index is -2.91. The number of ether oxygens (including phenoxy) is 1. The van der Waals surface area contributed by atoms with Gasteiger partial charge in [-0.15, -0.1) is 0 Å². The summed E-state index contributed by atoms with van der Waals surface area (Å²) in [5.41, 5.74) is -0.289. The van der Waals surface area contributed by atoms with Gasteiger partial charge >= 0.3 is 0 Å². The standard InChI is InChI=1S/C9H19NO3S/c1-9(2,7-14(3,11)12)6-13-8-4-10-5-8/h8,10H,4-7H2,1-3H3. The molecule has 1 heterocycles. The van der Waals surface area contributed by atoms with Crippen LogP contribution in [0.2, 0.25) is 0 Å². The Kier molecular flexibility index (Phi) is 3.55. The van der Waals surface area contributed by atoms with Crippen LogP contribution in [0.4, 0.5) is 0 Å². The fraction of sp³-hybridized carbons (Fsp3) is 1.00. The van der Waals surface area contributed by atoms with E-state index < -0.39 is 9.84 Å². The molecule has 1 saturated heterocycles. The molecule has 0 saturated carbocycles. The van der Waals surface area contributed by atoms with E-state index in [1.54, 1.807) is 0 Å². The lowest BCUT2D eigenvalue weighted by Crippen LogP contribution is -2.49. The summed E-state index contributed by atoms with van der Waals surface area (Å²) in [5.74, 6) is 0.181. The average molecular weight is 221 g/mol. The van der Waals surface area contributed by atoms with Gasteiger partial charge in [-0.1, -0.05) is 13.8 Å². The van der Waals surface area contributed by atoms with E-state index in [-0.39, 0.29) is 17.3 Å². The van der Waals surface area contributed by atoms with E-state index in [1.165, 1.54) is 6.26 Å². The summed E-state index contributed by atoms with van der Waals surface area (Å²) in [6, 6.07) is 0. The fourth-order valence-electron chi connectivity index (χ4n) is 1.47. The smallest absolute Gasteiger partial charge is 0.148 e. The first kappa shape index (κ1) is 11.9. The van der Waals surface area contributed by atoms with Crippen LogP contribution in [-0.4, -0.2) is 46.2 Å². The summed E-state index contributed by atoms with van der Waals surface area (Å²) >= 11 is 0. The molecular weight excluding hydrogens is 202 g/mol. The Labute approximate surface area is 85.9 Å². The van der Waals surface area contributed by atoms with Crippen molar-refractivity contribution in [2.45, 2.75) is 20.0 Å². The highest BCUT2D eigenvalue weighted by molar-refractivity contribution is 7.90. The SMILES string of the molecule is CC(C)(COC1CNC1)CS(C)(=O)=O. The normalized spacial score (nSPS) is 19.4. The third-order valence-corrected chi connectivity index (χ3v) is 3.41. The third kappa shape index (κ3) is 4.39. The van der Waals surface area contributed by atoms with Gasteiger partial charge in [0.25, 0.3) is 0 Å². The van der Waals surface area contributed by atoms with Gasteiger partial charge in [0.15, 0.2) is 0 Å². The zero-order valence-corrected chi connectivity index (χ0v) is 9.86. The molecule has 0 aromatic rings. The van der Waals surface area contributed by atoms with Crippen molar-refractivity contribution in [3.05, 3.63) is 0 Å². The zero-order chi connectivity index (χ0) is 10.8. The van der Waals surface area contributed by atoms with Crippen molar-refractivity contribution in [3.63, 3.8) is 0 Å². The molecule has 0 atom stereocenters. The monoisotopic (exact) mass is 221 g/mol. The van der Waals surface area contributed by atoms with Gasteiger partial charge in [0.1, 0.15) is 9.84 Å². The highest BCUT2D eigenvalue weighted by Crippen LogP contribution is 2.19. The molecule has 1 N–H and O–H groups in total. The van der Waals surface area contributed by atoms with Crippen molar-refractivity contribution in [2.24, 2.45) is 5.41 Å². The lowest BCUT2D eigenvalue weighted by atomic mass is 9.98. The maximum atomic E-state index is 11.1. The molecule has 1 aliphatic rings. The first-order valence-electron chi connectivity index (χ1n) is 4.79. The van der Waals surface area contributed by atoms with Crippen LogP contribution in [0, 0.1) is 5.41 Å². The Morgan fingerprint density at radius 3 is 2.36 bits per heavy atom. The van der Waals surface area contributed by atoms with E-state index >= 15 is 0 Å². The lowest BCUT2D eigenvalue weighted by Gasteiger charge is -2.31. The Morgan fingerprint density at radius 1 is 1.43 bits per heavy atom. The lowest BCUT2D eigenvalue weighted by molar-refractivity contribution is -0.0164. The molecule has 4 nitrogen and oxygen atoms in total. The molecule has 0 amide bonds. The molecule has 0 aliphatic carbocycles. The molecular formula is C9H19NO3S. The molecule has 1 rings (SSSR count). The summed E-state index contributed by atoms with van der Waals surface area (Å²) in [4.78, 5) is 0. The summed E-state index contributed by atoms with van der Waals surface area (Å²) < 4.78 is 27.8. The molecule has 0 radical (unpaired) electrons. The van der Waals surface area contributed by atoms with Crippen LogP contribution in [0.5, 0.6) is 0 Å². The van der Waals surface area contributed by atoms with E-state index in [2.05, 4.69) is 5.32 Å². The molecule has 1 aliphatic heterocycles. The number of hydrogen-bond acceptors (Lipinski definition) is 4. The van der Waals surface area contributed by atoms with Crippen molar-refractivity contribution >= 4 is 9.84 Å². The summed E-state index contributed by atoms with van der Waals surface area (Å²) in [6.45, 7) is 6.11. The second-order valence-corrected chi connectivity index (χ2v) is 6.97. The molecule has 84 valence electrons. The quantitative estimate of drug-likeness (QED) is 0.712. The Balaban J connectivity index is 2.32. The molecule has 1 fully saturated rings. The molecule has 0 bridgehead atoms. The molecule has 0 aromatic carbocycles. The van der Waals surface area contributed by atoms with Crippen molar-refractivity contribution in [1.29, 1.82) is 0 Å². The topological polar surface area (TPSA) is 55.4 Å². The van der Waals surface area contributed by atoms with Crippen molar-refractivity contribution in [3.8, 4) is 0 Å². The van der Waals surface area contributed by atoms with E-state index in [0.717, 1.165) is 13.1 Å². The average Bonchev–Trinajstić information content (AvgIpc) is 1.75. The fourth-order valence-corrected chi connectivity index (χ4v) is 2.98. The third-order valence-electron chi connectivity index (χ3n) is 2.11. The van der Waals surface area contributed by atoms with Gasteiger partial charge in [0.2, 0.25) is 0 Å². The maximum absolute atomic E-state index is 11.1. The van der Waals surface area contributed by atoms with E-state index in [4.69, 9.17) is 4.74 Å². The first-order chi connectivity index (χ1) is 6.29. The van der Waals surface area contributed by atoms with Crippen LogP contribution in [-0.2, 0) is 14.6 Å². The minimum Gasteiger partial charge on any atom is -0.375 e. The number of sulfone groups is 1. The predicted molar refractivity (Wildman–Crippen MR) is 56.1 cm³/mol. The van der Waals surface area contributed by atoms with Crippen LogP contribution in [0.1, 0.15) is 13.8 Å². The highest BCUT2D eigenvalue weighted by atomic mass is 32.2. The maximum Gasteiger partial charge on any atom is 0.148 e. The molecule has 0 spiro atoms. The molecule has 0 unspecified atom stereocenters. The molecule has 0 aromatic heterocycles. The van der Waals surface area contributed by atoms with Crippen LogP contribution in [0.15, 0.2) is 0 Å². The second-order valence-electron chi connectivity index (χ2n) is 4.83. The summed E-state index contributed by atoms with van der Waals surface area (Å²) in [7, 11) is -2.91. The van der Waals surface area contributed by atoms with Crippen molar-refractivity contribution in [1.82, 2.24) is 5.32 Å². The predicted octanol–water partition coefficient (Wildman–Crippen LogP) is 0.0456. The summed E-state index contributed by atoms with van der Waals surface area (Å²) in [6.07, 6.45) is 1.54. The summed E-state index contributed by atoms with van der Waals surface area (Å²) in [5, 5.41) is 3.10. The van der Waals surface area contributed by atoms with E-state index in [9.17, 15) is 8.42 Å². The van der Waals surface area contributed by atoms with Crippen molar-refractivity contribution < 1.29 is 13.2 Å². The Morgan fingerprint density at radius 2 is 2.00 bits per heavy atom. The van der Waals surface area contributed by atoms with Crippen molar-refractivity contribution in [2.75, 3.05) is 31.7 Å². The van der Waals surface area contributed by atoms with Gasteiger partial charge in [-0.3, -0.25) is 0 Å². The number of hydrogen-bond donors (Lipinski definition) is 1. The van der Waals surface area contributed by atoms with Gasteiger partial charge < -0.3 is 10.1 Å². The highest BCUT2D eigenvalue weighted by Gasteiger charge is 2.26. The molecule has 14 heavy (non-hydrogen) atoms. The van der Waals surface area contributed by atoms with Gasteiger partial charge in [0, 0.05) is 24.8 Å². The van der Waals surface area contributed by atoms with Crippen LogP contribution >= 0.6 is 0 Å². The van der Waals surface area contributed by atoms with Gasteiger partial charge in [-0.05, 0) is 0 Å². The van der Waals surface area contributed by atoms with Crippen LogP contribution in [0.3, 0.4) is 0 Å². The van der Waals surface area contributed by atoms with E-state index in [1.807, 2.05) is 13.8 Å². The van der Waals surface area contributed by atoms with Gasteiger partial charge in [0.05, 0.1) is 18.5 Å². The zero-order valence-electron chi connectivity index (χ0n) is 9.04. The number of rotatable bonds is 5. The number of nitrogens with one attached hydrogen (secondary N) is 1. The largest absolute Gasteiger partial charge is 0.375 e. The Hall–Kier alpha value is -0.130. The van der Waals surface area contributed by atoms with Crippen LogP contribution < -0.4 is 5.32 Å².